The lowest BCUT2D eigenvalue weighted by Crippen LogP contribution is -2.09. The highest BCUT2D eigenvalue weighted by Gasteiger charge is 2.18. The third-order valence-electron chi connectivity index (χ3n) is 13.2. The highest BCUT2D eigenvalue weighted by atomic mass is 16.3. The number of furan rings is 1. The third kappa shape index (κ3) is 6.12. The van der Waals surface area contributed by atoms with E-state index in [1.165, 1.54) is 65.7 Å². The molecule has 13 aromatic rings. The van der Waals surface area contributed by atoms with Crippen molar-refractivity contribution in [1.82, 2.24) is 4.57 Å². The Morgan fingerprint density at radius 2 is 0.800 bits per heavy atom. The first-order valence-electron chi connectivity index (χ1n) is 22.2. The Hall–Kier alpha value is -8.66. The molecule has 0 fully saturated rings. The molecule has 0 saturated carbocycles. The van der Waals surface area contributed by atoms with Crippen molar-refractivity contribution in [2.45, 2.75) is 0 Å². The van der Waals surface area contributed by atoms with E-state index in [1.54, 1.807) is 0 Å². The van der Waals surface area contributed by atoms with Crippen LogP contribution < -0.4 is 4.90 Å². The van der Waals surface area contributed by atoms with E-state index < -0.39 is 0 Å². The molecule has 0 bridgehead atoms. The maximum atomic E-state index is 6.44. The normalized spacial score (nSPS) is 11.7. The first kappa shape index (κ1) is 36.9. The molecule has 65 heavy (non-hydrogen) atoms. The molecule has 2 aromatic heterocycles. The van der Waals surface area contributed by atoms with Crippen LogP contribution in [-0.2, 0) is 0 Å². The smallest absolute Gasteiger partial charge is 0.143 e. The SMILES string of the molecule is c1ccc(-n2c3ccccc3c3ccccc32)c(-c2ccc(-c3ccc(N(c4ccc(-c5cccc6c5oc5ccccc56)cc4)c4ccc5c(ccc6ccccc65)c4)cc3)cc2)c1. The summed E-state index contributed by atoms with van der Waals surface area (Å²) < 4.78 is 8.85. The molecule has 0 radical (unpaired) electrons. The molecule has 0 N–H and O–H groups in total. The molecule has 0 unspecified atom stereocenters. The highest BCUT2D eigenvalue weighted by molar-refractivity contribution is 6.11. The summed E-state index contributed by atoms with van der Waals surface area (Å²) in [4.78, 5) is 2.36. The largest absolute Gasteiger partial charge is 0.455 e. The van der Waals surface area contributed by atoms with Gasteiger partial charge in [0.15, 0.2) is 0 Å². The molecule has 0 aliphatic rings. The second-order valence-electron chi connectivity index (χ2n) is 16.9. The van der Waals surface area contributed by atoms with E-state index in [-0.39, 0.29) is 0 Å². The van der Waals surface area contributed by atoms with E-state index in [9.17, 15) is 0 Å². The maximum absolute atomic E-state index is 6.44. The molecule has 2 heterocycles. The number of nitrogens with zero attached hydrogens (tertiary/aromatic N) is 2. The van der Waals surface area contributed by atoms with Crippen molar-refractivity contribution in [3.63, 3.8) is 0 Å². The fraction of sp³-hybridized carbons (Fsp3) is 0. The van der Waals surface area contributed by atoms with Gasteiger partial charge in [0.1, 0.15) is 11.2 Å². The Labute approximate surface area is 376 Å². The van der Waals surface area contributed by atoms with Gasteiger partial charge >= 0.3 is 0 Å². The van der Waals surface area contributed by atoms with Gasteiger partial charge in [-0.3, -0.25) is 0 Å². The quantitative estimate of drug-likeness (QED) is 0.149. The summed E-state index contributed by atoms with van der Waals surface area (Å²) in [5.41, 5.74) is 15.6. The predicted molar refractivity (Wildman–Crippen MR) is 274 cm³/mol. The summed E-state index contributed by atoms with van der Waals surface area (Å²) >= 11 is 0. The molecule has 0 aliphatic carbocycles. The summed E-state index contributed by atoms with van der Waals surface area (Å²) in [6.07, 6.45) is 0. The molecule has 0 spiro atoms. The number of benzene rings is 11. The van der Waals surface area contributed by atoms with Crippen molar-refractivity contribution >= 4 is 82.4 Å². The minimum absolute atomic E-state index is 0.905. The minimum Gasteiger partial charge on any atom is -0.455 e. The van der Waals surface area contributed by atoms with Gasteiger partial charge < -0.3 is 13.9 Å². The molecule has 0 saturated heterocycles. The van der Waals surface area contributed by atoms with Crippen LogP contribution in [0.4, 0.5) is 17.1 Å². The van der Waals surface area contributed by atoms with Crippen LogP contribution in [0.5, 0.6) is 0 Å². The van der Waals surface area contributed by atoms with Crippen LogP contribution in [-0.4, -0.2) is 4.57 Å². The molecule has 3 nitrogen and oxygen atoms in total. The summed E-state index contributed by atoms with van der Waals surface area (Å²) in [6.45, 7) is 0. The van der Waals surface area contributed by atoms with Crippen LogP contribution in [0.2, 0.25) is 0 Å². The standard InChI is InChI=1S/C62H40N2O/c1-2-13-50-43(12-1)28-29-46-40-49(38-39-51(46)50)63(48-36-32-45(33-37-48)53-18-11-19-57-56-17-6-10-23-61(56)65-62(53)57)47-34-30-42(31-35-47)41-24-26-44(27-25-41)52-14-3-7-20-58(52)64-59-21-8-4-15-54(59)55-16-5-9-22-60(55)64/h1-40H. The number of aromatic nitrogens is 1. The Morgan fingerprint density at radius 1 is 0.308 bits per heavy atom. The van der Waals surface area contributed by atoms with Gasteiger partial charge in [0.25, 0.3) is 0 Å². The summed E-state index contributed by atoms with van der Waals surface area (Å²) in [6, 6.07) is 87.7. The van der Waals surface area contributed by atoms with Crippen molar-refractivity contribution in [1.29, 1.82) is 0 Å². The van der Waals surface area contributed by atoms with Crippen LogP contribution in [0.1, 0.15) is 0 Å². The van der Waals surface area contributed by atoms with Crippen LogP contribution in [0, 0.1) is 0 Å². The lowest BCUT2D eigenvalue weighted by atomic mass is 9.98. The first-order valence-corrected chi connectivity index (χ1v) is 22.2. The number of anilines is 3. The van der Waals surface area contributed by atoms with Gasteiger partial charge in [-0.2, -0.15) is 0 Å². The second kappa shape index (κ2) is 15.0. The molecule has 304 valence electrons. The third-order valence-corrected chi connectivity index (χ3v) is 13.2. The number of hydrogen-bond donors (Lipinski definition) is 0. The molecule has 3 heteroatoms. The average Bonchev–Trinajstić information content (AvgIpc) is 3.93. The van der Waals surface area contributed by atoms with E-state index >= 15 is 0 Å². The number of rotatable bonds is 7. The number of hydrogen-bond acceptors (Lipinski definition) is 2. The zero-order chi connectivity index (χ0) is 42.8. The predicted octanol–water partition coefficient (Wildman–Crippen LogP) is 17.5. The Morgan fingerprint density at radius 3 is 1.54 bits per heavy atom. The van der Waals surface area contributed by atoms with Crippen molar-refractivity contribution in [2.75, 3.05) is 4.90 Å². The first-order chi connectivity index (χ1) is 32.2. The molecule has 0 amide bonds. The fourth-order valence-corrected chi connectivity index (χ4v) is 10.1. The summed E-state index contributed by atoms with van der Waals surface area (Å²) in [5.74, 6) is 0. The van der Waals surface area contributed by atoms with Gasteiger partial charge in [-0.15, -0.1) is 0 Å². The highest BCUT2D eigenvalue weighted by Crippen LogP contribution is 2.42. The molecule has 0 aliphatic heterocycles. The van der Waals surface area contributed by atoms with Gasteiger partial charge in [0, 0.05) is 49.7 Å². The van der Waals surface area contributed by atoms with Crippen LogP contribution >= 0.6 is 0 Å². The molecule has 13 rings (SSSR count). The fourth-order valence-electron chi connectivity index (χ4n) is 10.1. The van der Waals surface area contributed by atoms with E-state index in [1.807, 2.05) is 12.1 Å². The minimum atomic E-state index is 0.905. The molecule has 11 aromatic carbocycles. The van der Waals surface area contributed by atoms with Crippen LogP contribution in [0.25, 0.3) is 104 Å². The average molecular weight is 829 g/mol. The molecule has 0 atom stereocenters. The van der Waals surface area contributed by atoms with Crippen molar-refractivity contribution in [3.8, 4) is 39.1 Å². The van der Waals surface area contributed by atoms with E-state index in [0.29, 0.717) is 0 Å². The topological polar surface area (TPSA) is 21.3 Å². The Kier molecular flexibility index (Phi) is 8.53. The number of fused-ring (bicyclic) bond motifs is 9. The summed E-state index contributed by atoms with van der Waals surface area (Å²) in [5, 5.41) is 9.75. The molecular formula is C62H40N2O. The lowest BCUT2D eigenvalue weighted by molar-refractivity contribution is 0.670. The van der Waals surface area contributed by atoms with Crippen molar-refractivity contribution in [2.24, 2.45) is 0 Å². The van der Waals surface area contributed by atoms with Gasteiger partial charge in [-0.1, -0.05) is 182 Å². The van der Waals surface area contributed by atoms with Gasteiger partial charge in [0.05, 0.1) is 16.7 Å². The van der Waals surface area contributed by atoms with Crippen LogP contribution in [0.15, 0.2) is 247 Å². The Balaban J connectivity index is 0.866. The second-order valence-corrected chi connectivity index (χ2v) is 16.9. The zero-order valence-corrected chi connectivity index (χ0v) is 35.4. The van der Waals surface area contributed by atoms with E-state index in [4.69, 9.17) is 4.42 Å². The van der Waals surface area contributed by atoms with Gasteiger partial charge in [-0.05, 0) is 104 Å². The zero-order valence-electron chi connectivity index (χ0n) is 35.4. The maximum Gasteiger partial charge on any atom is 0.143 e. The molecular weight excluding hydrogens is 789 g/mol. The Bertz CT molecular complexity index is 3880. The van der Waals surface area contributed by atoms with Crippen LogP contribution in [0.3, 0.4) is 0 Å². The van der Waals surface area contributed by atoms with E-state index in [2.05, 4.69) is 240 Å². The van der Waals surface area contributed by atoms with Crippen molar-refractivity contribution < 1.29 is 4.42 Å². The van der Waals surface area contributed by atoms with Gasteiger partial charge in [0.2, 0.25) is 0 Å². The number of para-hydroxylation sites is 5. The monoisotopic (exact) mass is 828 g/mol. The summed E-state index contributed by atoms with van der Waals surface area (Å²) in [7, 11) is 0. The van der Waals surface area contributed by atoms with Crippen molar-refractivity contribution in [3.05, 3.63) is 243 Å². The lowest BCUT2D eigenvalue weighted by Gasteiger charge is -2.26. The van der Waals surface area contributed by atoms with Gasteiger partial charge in [-0.25, -0.2) is 0 Å². The van der Waals surface area contributed by atoms with E-state index in [0.717, 1.165) is 55.7 Å².